The van der Waals surface area contributed by atoms with Crippen molar-refractivity contribution in [3.05, 3.63) is 29.3 Å². The van der Waals surface area contributed by atoms with Crippen molar-refractivity contribution in [2.24, 2.45) is 5.73 Å². The Morgan fingerprint density at radius 3 is 2.50 bits per heavy atom. The number of alkyl halides is 3. The summed E-state index contributed by atoms with van der Waals surface area (Å²) in [6, 6.07) is 5.15. The van der Waals surface area contributed by atoms with E-state index in [1.165, 1.54) is 4.90 Å². The monoisotopic (exact) mass is 259 g/mol. The lowest BCUT2D eigenvalue weighted by Crippen LogP contribution is -2.27. The number of para-hydroxylation sites is 1. The number of benzene rings is 1. The molecule has 6 heteroatoms. The van der Waals surface area contributed by atoms with Gasteiger partial charge in [-0.1, -0.05) is 12.1 Å². The Balaban J connectivity index is 2.97. The van der Waals surface area contributed by atoms with E-state index >= 15 is 0 Å². The Morgan fingerprint density at radius 2 is 2.00 bits per heavy atom. The molecule has 0 saturated heterocycles. The van der Waals surface area contributed by atoms with Crippen molar-refractivity contribution >= 4 is 11.5 Å². The molecule has 1 aromatic carbocycles. The van der Waals surface area contributed by atoms with Crippen molar-refractivity contribution in [1.29, 1.82) is 5.41 Å². The van der Waals surface area contributed by atoms with Crippen LogP contribution in [-0.4, -0.2) is 25.6 Å². The lowest BCUT2D eigenvalue weighted by molar-refractivity contribution is -0.132. The van der Waals surface area contributed by atoms with E-state index in [1.54, 1.807) is 32.2 Å². The van der Waals surface area contributed by atoms with Crippen LogP contribution in [0.15, 0.2) is 18.2 Å². The van der Waals surface area contributed by atoms with Crippen molar-refractivity contribution in [3.63, 3.8) is 0 Å². The lowest BCUT2D eigenvalue weighted by atomic mass is 10.1. The van der Waals surface area contributed by atoms with Crippen LogP contribution in [0.3, 0.4) is 0 Å². The molecular formula is C12H16F3N3. The van der Waals surface area contributed by atoms with Crippen molar-refractivity contribution in [1.82, 2.24) is 0 Å². The smallest absolute Gasteiger partial charge is 0.384 e. The molecule has 3 N–H and O–H groups in total. The molecule has 1 rings (SSSR count). The number of halogens is 3. The summed E-state index contributed by atoms with van der Waals surface area (Å²) in [5.41, 5.74) is 7.27. The number of hydrogen-bond acceptors (Lipinski definition) is 2. The first-order chi connectivity index (χ1) is 8.22. The fourth-order valence-electron chi connectivity index (χ4n) is 1.79. The first kappa shape index (κ1) is 14.3. The van der Waals surface area contributed by atoms with Crippen LogP contribution >= 0.6 is 0 Å². The number of aryl methyl sites for hydroxylation is 1. The van der Waals surface area contributed by atoms with Gasteiger partial charge in [0.25, 0.3) is 0 Å². The predicted molar refractivity (Wildman–Crippen MR) is 66.1 cm³/mol. The van der Waals surface area contributed by atoms with Crippen molar-refractivity contribution in [3.8, 4) is 0 Å². The maximum Gasteiger partial charge on any atom is 0.390 e. The van der Waals surface area contributed by atoms with E-state index in [1.807, 2.05) is 0 Å². The molecule has 1 aromatic rings. The molecule has 0 radical (unpaired) electrons. The normalized spacial score (nSPS) is 11.4. The second-order valence-electron chi connectivity index (χ2n) is 4.17. The van der Waals surface area contributed by atoms with Crippen LogP contribution in [0.1, 0.15) is 17.5 Å². The van der Waals surface area contributed by atoms with Crippen LogP contribution in [0.2, 0.25) is 0 Å². The van der Waals surface area contributed by atoms with Crippen LogP contribution < -0.4 is 10.6 Å². The first-order valence-electron chi connectivity index (χ1n) is 5.44. The number of nitrogens with zero attached hydrogens (tertiary/aromatic N) is 1. The minimum Gasteiger partial charge on any atom is -0.384 e. The summed E-state index contributed by atoms with van der Waals surface area (Å²) in [6.45, 7) is 1.63. The molecular weight excluding hydrogens is 243 g/mol. The van der Waals surface area contributed by atoms with Crippen LogP contribution in [0.25, 0.3) is 0 Å². The van der Waals surface area contributed by atoms with E-state index in [0.717, 1.165) is 5.56 Å². The highest BCUT2D eigenvalue weighted by Crippen LogP contribution is 2.26. The molecule has 0 aliphatic rings. The molecule has 0 amide bonds. The largest absolute Gasteiger partial charge is 0.390 e. The predicted octanol–water partition coefficient (Wildman–Crippen LogP) is 2.67. The van der Waals surface area contributed by atoms with Crippen LogP contribution in [-0.2, 0) is 0 Å². The molecule has 0 bridgehead atoms. The minimum atomic E-state index is -4.19. The summed E-state index contributed by atoms with van der Waals surface area (Å²) in [6.07, 6.45) is -5.08. The van der Waals surface area contributed by atoms with Gasteiger partial charge in [0.2, 0.25) is 0 Å². The van der Waals surface area contributed by atoms with Crippen LogP contribution in [0, 0.1) is 12.3 Å². The van der Waals surface area contributed by atoms with Crippen LogP contribution in [0.5, 0.6) is 0 Å². The quantitative estimate of drug-likeness (QED) is 0.645. The zero-order valence-corrected chi connectivity index (χ0v) is 10.3. The fourth-order valence-corrected chi connectivity index (χ4v) is 1.79. The molecule has 0 aliphatic carbocycles. The minimum absolute atomic E-state index is 0.146. The van der Waals surface area contributed by atoms with E-state index in [0.29, 0.717) is 11.3 Å². The second kappa shape index (κ2) is 5.29. The molecule has 0 unspecified atom stereocenters. The van der Waals surface area contributed by atoms with E-state index < -0.39 is 12.6 Å². The number of nitrogens with two attached hydrogens (primary N) is 1. The number of nitrogen functional groups attached to an aromatic ring is 1. The first-order valence-corrected chi connectivity index (χ1v) is 5.44. The van der Waals surface area contributed by atoms with Gasteiger partial charge in [0.1, 0.15) is 5.84 Å². The fraction of sp³-hybridized carbons (Fsp3) is 0.417. The molecule has 3 nitrogen and oxygen atoms in total. The number of anilines is 1. The van der Waals surface area contributed by atoms with Gasteiger partial charge in [-0.3, -0.25) is 5.41 Å². The van der Waals surface area contributed by atoms with Gasteiger partial charge in [-0.15, -0.1) is 0 Å². The lowest BCUT2D eigenvalue weighted by Gasteiger charge is -2.24. The highest BCUT2D eigenvalue weighted by molar-refractivity contribution is 6.01. The SMILES string of the molecule is Cc1cccc(C(=N)N)c1N(C)CCC(F)(F)F. The molecule has 0 aliphatic heterocycles. The molecule has 0 spiro atoms. The number of nitrogens with one attached hydrogen (secondary N) is 1. The third kappa shape index (κ3) is 3.65. The maximum atomic E-state index is 12.2. The van der Waals surface area contributed by atoms with Gasteiger partial charge < -0.3 is 10.6 Å². The van der Waals surface area contributed by atoms with E-state index in [2.05, 4.69) is 0 Å². The average molecular weight is 259 g/mol. The van der Waals surface area contributed by atoms with E-state index in [4.69, 9.17) is 11.1 Å². The highest BCUT2D eigenvalue weighted by Gasteiger charge is 2.27. The van der Waals surface area contributed by atoms with Gasteiger partial charge in [0.15, 0.2) is 0 Å². The maximum absolute atomic E-state index is 12.2. The summed E-state index contributed by atoms with van der Waals surface area (Å²) in [5.74, 6) is -0.146. The van der Waals surface area contributed by atoms with E-state index in [9.17, 15) is 13.2 Å². The van der Waals surface area contributed by atoms with Gasteiger partial charge in [-0.25, -0.2) is 0 Å². The summed E-state index contributed by atoms with van der Waals surface area (Å²) in [4.78, 5) is 1.49. The second-order valence-corrected chi connectivity index (χ2v) is 4.17. The Labute approximate surface area is 104 Å². The number of hydrogen-bond donors (Lipinski definition) is 2. The Morgan fingerprint density at radius 1 is 1.39 bits per heavy atom. The number of rotatable bonds is 4. The van der Waals surface area contributed by atoms with E-state index in [-0.39, 0.29) is 12.4 Å². The van der Waals surface area contributed by atoms with Gasteiger partial charge in [0.05, 0.1) is 12.1 Å². The van der Waals surface area contributed by atoms with Gasteiger partial charge in [-0.05, 0) is 18.6 Å². The van der Waals surface area contributed by atoms with Crippen LogP contribution in [0.4, 0.5) is 18.9 Å². The molecule has 0 saturated carbocycles. The van der Waals surface area contributed by atoms with Gasteiger partial charge in [-0.2, -0.15) is 13.2 Å². The Hall–Kier alpha value is -1.72. The van der Waals surface area contributed by atoms with Gasteiger partial charge in [0, 0.05) is 19.2 Å². The molecule has 0 fully saturated rings. The molecule has 18 heavy (non-hydrogen) atoms. The molecule has 100 valence electrons. The van der Waals surface area contributed by atoms with Crippen molar-refractivity contribution in [2.75, 3.05) is 18.5 Å². The summed E-state index contributed by atoms with van der Waals surface area (Å²) in [5, 5.41) is 7.45. The zero-order valence-electron chi connectivity index (χ0n) is 10.3. The third-order valence-corrected chi connectivity index (χ3v) is 2.64. The zero-order chi connectivity index (χ0) is 13.9. The van der Waals surface area contributed by atoms with Crippen molar-refractivity contribution < 1.29 is 13.2 Å². The molecule has 0 heterocycles. The Bertz CT molecular complexity index is 441. The Kier molecular flexibility index (Phi) is 4.21. The topological polar surface area (TPSA) is 53.1 Å². The average Bonchev–Trinajstić information content (AvgIpc) is 2.24. The highest BCUT2D eigenvalue weighted by atomic mass is 19.4. The standard InChI is InChI=1S/C12H16F3N3/c1-8-4-3-5-9(11(16)17)10(8)18(2)7-6-12(13,14)15/h3-5H,6-7H2,1-2H3,(H3,16,17). The number of amidine groups is 1. The molecule has 0 atom stereocenters. The summed E-state index contributed by atoms with van der Waals surface area (Å²) < 4.78 is 36.6. The third-order valence-electron chi connectivity index (χ3n) is 2.64. The summed E-state index contributed by atoms with van der Waals surface area (Å²) in [7, 11) is 1.57. The summed E-state index contributed by atoms with van der Waals surface area (Å²) >= 11 is 0. The van der Waals surface area contributed by atoms with Crippen molar-refractivity contribution in [2.45, 2.75) is 19.5 Å². The molecule has 0 aromatic heterocycles. The van der Waals surface area contributed by atoms with Gasteiger partial charge >= 0.3 is 6.18 Å².